The Morgan fingerprint density at radius 3 is 2.81 bits per heavy atom. The molecule has 0 aliphatic carbocycles. The lowest BCUT2D eigenvalue weighted by Gasteiger charge is -2.14. The molecule has 114 valence electrons. The van der Waals surface area contributed by atoms with Crippen LogP contribution in [0.3, 0.4) is 0 Å². The smallest absolute Gasteiger partial charge is 0.354 e. The molecule has 1 aromatic carbocycles. The van der Waals surface area contributed by atoms with Crippen LogP contribution in [0.4, 0.5) is 0 Å². The molecule has 21 heavy (non-hydrogen) atoms. The van der Waals surface area contributed by atoms with E-state index in [2.05, 4.69) is 23.9 Å². The molecular formula is C16H22N2O3. The highest BCUT2D eigenvalue weighted by Crippen LogP contribution is 2.22. The molecule has 1 aromatic heterocycles. The van der Waals surface area contributed by atoms with Gasteiger partial charge in [-0.15, -0.1) is 0 Å². The number of hydrogen-bond acceptors (Lipinski definition) is 4. The Morgan fingerprint density at radius 2 is 2.10 bits per heavy atom. The standard InChI is InChI=1S/C16H22N2O3/c1-4-18(3)8-9-21-13-6-7-14-12(10-13)11-15(17-14)16(19)20-5-2/h6-7,10-11,17H,4-5,8-9H2,1-3H3. The molecule has 1 N–H and O–H groups in total. The van der Waals surface area contributed by atoms with Gasteiger partial charge in [0.15, 0.2) is 0 Å². The average molecular weight is 290 g/mol. The zero-order chi connectivity index (χ0) is 15.2. The number of nitrogens with one attached hydrogen (secondary N) is 1. The Balaban J connectivity index is 2.05. The number of ether oxygens (including phenoxy) is 2. The van der Waals surface area contributed by atoms with Crippen molar-refractivity contribution in [3.05, 3.63) is 30.0 Å². The molecule has 0 unspecified atom stereocenters. The molecule has 0 amide bonds. The summed E-state index contributed by atoms with van der Waals surface area (Å²) >= 11 is 0. The van der Waals surface area contributed by atoms with Gasteiger partial charge < -0.3 is 19.4 Å². The maximum atomic E-state index is 11.7. The molecule has 5 heteroatoms. The fraction of sp³-hybridized carbons (Fsp3) is 0.438. The third-order valence-electron chi connectivity index (χ3n) is 3.37. The molecule has 1 heterocycles. The molecule has 0 radical (unpaired) electrons. The van der Waals surface area contributed by atoms with E-state index in [4.69, 9.17) is 9.47 Å². The van der Waals surface area contributed by atoms with Crippen molar-refractivity contribution in [1.82, 2.24) is 9.88 Å². The first-order chi connectivity index (χ1) is 10.1. The van der Waals surface area contributed by atoms with E-state index in [0.717, 1.165) is 29.7 Å². The molecule has 5 nitrogen and oxygen atoms in total. The highest BCUT2D eigenvalue weighted by molar-refractivity contribution is 5.95. The molecule has 2 rings (SSSR count). The van der Waals surface area contributed by atoms with Crippen molar-refractivity contribution in [3.8, 4) is 5.75 Å². The van der Waals surface area contributed by atoms with Crippen LogP contribution in [0.5, 0.6) is 5.75 Å². The van der Waals surface area contributed by atoms with E-state index in [1.165, 1.54) is 0 Å². The fourth-order valence-corrected chi connectivity index (χ4v) is 2.00. The van der Waals surface area contributed by atoms with Crippen molar-refractivity contribution in [3.63, 3.8) is 0 Å². The van der Waals surface area contributed by atoms with Crippen LogP contribution in [0.2, 0.25) is 0 Å². The van der Waals surface area contributed by atoms with Crippen LogP contribution in [0.1, 0.15) is 24.3 Å². The Labute approximate surface area is 124 Å². The van der Waals surface area contributed by atoms with E-state index >= 15 is 0 Å². The zero-order valence-electron chi connectivity index (χ0n) is 12.8. The van der Waals surface area contributed by atoms with Crippen molar-refractivity contribution < 1.29 is 14.3 Å². The van der Waals surface area contributed by atoms with Gasteiger partial charge in [0, 0.05) is 17.4 Å². The van der Waals surface area contributed by atoms with E-state index in [1.54, 1.807) is 13.0 Å². The molecule has 0 saturated carbocycles. The summed E-state index contributed by atoms with van der Waals surface area (Å²) in [6.07, 6.45) is 0. The first kappa shape index (κ1) is 15.4. The summed E-state index contributed by atoms with van der Waals surface area (Å²) in [5.41, 5.74) is 1.37. The van der Waals surface area contributed by atoms with Crippen LogP contribution in [-0.4, -0.2) is 49.2 Å². The largest absolute Gasteiger partial charge is 0.492 e. The minimum Gasteiger partial charge on any atom is -0.492 e. The van der Waals surface area contributed by atoms with E-state index in [-0.39, 0.29) is 5.97 Å². The number of carbonyl (C=O) groups is 1. The summed E-state index contributed by atoms with van der Waals surface area (Å²) in [5.74, 6) is 0.474. The number of likely N-dealkylation sites (N-methyl/N-ethyl adjacent to an activating group) is 1. The van der Waals surface area contributed by atoms with Crippen LogP contribution in [-0.2, 0) is 4.74 Å². The third-order valence-corrected chi connectivity index (χ3v) is 3.37. The van der Waals surface area contributed by atoms with Gasteiger partial charge in [-0.2, -0.15) is 0 Å². The SMILES string of the molecule is CCOC(=O)c1cc2cc(OCCN(C)CC)ccc2[nH]1. The van der Waals surface area contributed by atoms with Crippen LogP contribution in [0.15, 0.2) is 24.3 Å². The van der Waals surface area contributed by atoms with Crippen LogP contribution in [0, 0.1) is 0 Å². The van der Waals surface area contributed by atoms with E-state index in [0.29, 0.717) is 18.9 Å². The normalized spacial score (nSPS) is 11.0. The van der Waals surface area contributed by atoms with Crippen molar-refractivity contribution in [2.75, 3.05) is 33.4 Å². The Bertz CT molecular complexity index is 607. The maximum Gasteiger partial charge on any atom is 0.354 e. The predicted molar refractivity (Wildman–Crippen MR) is 82.9 cm³/mol. The van der Waals surface area contributed by atoms with Gasteiger partial charge in [0.05, 0.1) is 6.61 Å². The average Bonchev–Trinajstić information content (AvgIpc) is 2.90. The molecule has 0 spiro atoms. The summed E-state index contributed by atoms with van der Waals surface area (Å²) < 4.78 is 10.7. The molecule has 0 saturated heterocycles. The summed E-state index contributed by atoms with van der Waals surface area (Å²) in [7, 11) is 2.06. The highest BCUT2D eigenvalue weighted by Gasteiger charge is 2.10. The Kier molecular flexibility index (Phi) is 5.22. The molecule has 0 fully saturated rings. The van der Waals surface area contributed by atoms with Gasteiger partial charge in [-0.1, -0.05) is 6.92 Å². The molecule has 0 bridgehead atoms. The lowest BCUT2D eigenvalue weighted by molar-refractivity contribution is 0.0520. The summed E-state index contributed by atoms with van der Waals surface area (Å²) in [6.45, 7) is 6.81. The van der Waals surface area contributed by atoms with Crippen molar-refractivity contribution in [1.29, 1.82) is 0 Å². The quantitative estimate of drug-likeness (QED) is 0.797. The minimum atomic E-state index is -0.333. The van der Waals surface area contributed by atoms with Crippen molar-refractivity contribution in [2.24, 2.45) is 0 Å². The number of hydrogen-bond donors (Lipinski definition) is 1. The van der Waals surface area contributed by atoms with Gasteiger partial charge in [-0.25, -0.2) is 4.79 Å². The zero-order valence-corrected chi connectivity index (χ0v) is 12.8. The maximum absolute atomic E-state index is 11.7. The van der Waals surface area contributed by atoms with E-state index in [9.17, 15) is 4.79 Å². The Morgan fingerprint density at radius 1 is 1.29 bits per heavy atom. The number of fused-ring (bicyclic) bond motifs is 1. The molecule has 0 atom stereocenters. The number of nitrogens with zero attached hydrogens (tertiary/aromatic N) is 1. The number of esters is 1. The molecular weight excluding hydrogens is 268 g/mol. The molecule has 2 aromatic rings. The van der Waals surface area contributed by atoms with Crippen LogP contribution >= 0.6 is 0 Å². The second-order valence-electron chi connectivity index (χ2n) is 4.90. The van der Waals surface area contributed by atoms with Crippen LogP contribution in [0.25, 0.3) is 10.9 Å². The lowest BCUT2D eigenvalue weighted by Crippen LogP contribution is -2.23. The first-order valence-electron chi connectivity index (χ1n) is 7.25. The molecule has 0 aliphatic rings. The second-order valence-corrected chi connectivity index (χ2v) is 4.90. The van der Waals surface area contributed by atoms with Crippen LogP contribution < -0.4 is 4.74 Å². The lowest BCUT2D eigenvalue weighted by atomic mass is 10.2. The number of H-pyrrole nitrogens is 1. The Hall–Kier alpha value is -2.01. The van der Waals surface area contributed by atoms with Gasteiger partial charge in [-0.3, -0.25) is 0 Å². The van der Waals surface area contributed by atoms with Crippen molar-refractivity contribution >= 4 is 16.9 Å². The first-order valence-corrected chi connectivity index (χ1v) is 7.25. The van der Waals surface area contributed by atoms with E-state index in [1.807, 2.05) is 18.2 Å². The number of aromatic amines is 1. The predicted octanol–water partition coefficient (Wildman–Crippen LogP) is 2.68. The van der Waals surface area contributed by atoms with Gasteiger partial charge in [0.1, 0.15) is 18.1 Å². The highest BCUT2D eigenvalue weighted by atomic mass is 16.5. The minimum absolute atomic E-state index is 0.333. The van der Waals surface area contributed by atoms with Gasteiger partial charge >= 0.3 is 5.97 Å². The topological polar surface area (TPSA) is 54.6 Å². The third kappa shape index (κ3) is 3.98. The summed E-state index contributed by atoms with van der Waals surface area (Å²) in [5, 5.41) is 0.944. The van der Waals surface area contributed by atoms with Crippen molar-refractivity contribution in [2.45, 2.75) is 13.8 Å². The molecule has 0 aliphatic heterocycles. The van der Waals surface area contributed by atoms with Gasteiger partial charge in [0.2, 0.25) is 0 Å². The summed E-state index contributed by atoms with van der Waals surface area (Å²) in [6, 6.07) is 7.54. The van der Waals surface area contributed by atoms with E-state index < -0.39 is 0 Å². The number of carbonyl (C=O) groups excluding carboxylic acids is 1. The number of aromatic nitrogens is 1. The van der Waals surface area contributed by atoms with Gasteiger partial charge in [-0.05, 0) is 44.8 Å². The number of benzene rings is 1. The monoisotopic (exact) mass is 290 g/mol. The second kappa shape index (κ2) is 7.13. The summed E-state index contributed by atoms with van der Waals surface area (Å²) in [4.78, 5) is 16.9. The number of rotatable bonds is 7. The fourth-order valence-electron chi connectivity index (χ4n) is 2.00. The van der Waals surface area contributed by atoms with Gasteiger partial charge in [0.25, 0.3) is 0 Å².